The Bertz CT molecular complexity index is 502. The first-order valence-electron chi connectivity index (χ1n) is 4.60. The summed E-state index contributed by atoms with van der Waals surface area (Å²) < 4.78 is 6.31. The molecule has 4 heteroatoms. The fraction of sp³-hybridized carbons (Fsp3) is 0.182. The van der Waals surface area contributed by atoms with Crippen molar-refractivity contribution >= 4 is 27.4 Å². The fourth-order valence-electron chi connectivity index (χ4n) is 1.38. The Balaban J connectivity index is 2.47. The molecule has 0 radical (unpaired) electrons. The Hall–Kier alpha value is -1.55. The third-order valence-electron chi connectivity index (χ3n) is 2.01. The molecule has 15 heavy (non-hydrogen) atoms. The second kappa shape index (κ2) is 3.90. The molecule has 0 saturated heterocycles. The number of ether oxygens (including phenoxy) is 1. The Kier molecular flexibility index (Phi) is 2.60. The van der Waals surface area contributed by atoms with E-state index in [1.165, 1.54) is 11.3 Å². The van der Waals surface area contributed by atoms with Crippen molar-refractivity contribution in [3.05, 3.63) is 29.1 Å². The van der Waals surface area contributed by atoms with Crippen LogP contribution in [0.25, 0.3) is 10.1 Å². The van der Waals surface area contributed by atoms with Crippen LogP contribution in [0, 0.1) is 0 Å². The van der Waals surface area contributed by atoms with Crippen molar-refractivity contribution in [3.8, 4) is 5.75 Å². The van der Waals surface area contributed by atoms with Gasteiger partial charge in [-0.05, 0) is 36.6 Å². The third kappa shape index (κ3) is 1.94. The number of aromatic carboxylic acids is 1. The minimum atomic E-state index is -0.880. The number of hydrogen-bond donors (Lipinski definition) is 1. The van der Waals surface area contributed by atoms with Gasteiger partial charge in [0.05, 0.1) is 6.61 Å². The van der Waals surface area contributed by atoms with Crippen molar-refractivity contribution in [2.45, 2.75) is 6.92 Å². The lowest BCUT2D eigenvalue weighted by atomic mass is 10.2. The van der Waals surface area contributed by atoms with E-state index in [0.29, 0.717) is 11.5 Å². The molecule has 0 amide bonds. The minimum absolute atomic E-state index is 0.360. The molecule has 0 aliphatic heterocycles. The Morgan fingerprint density at radius 2 is 2.27 bits per heavy atom. The van der Waals surface area contributed by atoms with Gasteiger partial charge in [-0.1, -0.05) is 0 Å². The number of benzene rings is 1. The first kappa shape index (κ1) is 9.98. The Morgan fingerprint density at radius 3 is 2.93 bits per heavy atom. The second-order valence-corrected chi connectivity index (χ2v) is 4.13. The van der Waals surface area contributed by atoms with Gasteiger partial charge >= 0.3 is 5.97 Å². The number of thiophene rings is 1. The highest BCUT2D eigenvalue weighted by molar-refractivity contribution is 7.20. The van der Waals surface area contributed by atoms with Crippen molar-refractivity contribution in [1.29, 1.82) is 0 Å². The first-order chi connectivity index (χ1) is 7.20. The van der Waals surface area contributed by atoms with Gasteiger partial charge in [-0.3, -0.25) is 0 Å². The van der Waals surface area contributed by atoms with E-state index < -0.39 is 5.97 Å². The molecular formula is C11H10O3S. The van der Waals surface area contributed by atoms with E-state index >= 15 is 0 Å². The SMILES string of the molecule is CCOc1ccc2sc(C(=O)O)cc2c1. The first-order valence-corrected chi connectivity index (χ1v) is 5.42. The van der Waals surface area contributed by atoms with E-state index in [1.54, 1.807) is 6.07 Å². The number of carboxylic acids is 1. The van der Waals surface area contributed by atoms with Crippen LogP contribution in [0.15, 0.2) is 24.3 Å². The van der Waals surface area contributed by atoms with Gasteiger partial charge in [0.25, 0.3) is 0 Å². The van der Waals surface area contributed by atoms with E-state index in [2.05, 4.69) is 0 Å². The van der Waals surface area contributed by atoms with Crippen molar-refractivity contribution < 1.29 is 14.6 Å². The maximum Gasteiger partial charge on any atom is 0.345 e. The normalized spacial score (nSPS) is 10.5. The number of carboxylic acid groups (broad SMARTS) is 1. The summed E-state index contributed by atoms with van der Waals surface area (Å²) in [6.45, 7) is 2.53. The average molecular weight is 222 g/mol. The van der Waals surface area contributed by atoms with E-state index in [-0.39, 0.29) is 0 Å². The molecule has 1 aromatic heterocycles. The van der Waals surface area contributed by atoms with Crippen molar-refractivity contribution in [2.75, 3.05) is 6.61 Å². The molecular weight excluding hydrogens is 212 g/mol. The van der Waals surface area contributed by atoms with Crippen LogP contribution in [0.3, 0.4) is 0 Å². The molecule has 78 valence electrons. The van der Waals surface area contributed by atoms with Gasteiger partial charge < -0.3 is 9.84 Å². The number of fused-ring (bicyclic) bond motifs is 1. The smallest absolute Gasteiger partial charge is 0.345 e. The van der Waals surface area contributed by atoms with Crippen molar-refractivity contribution in [1.82, 2.24) is 0 Å². The molecule has 0 bridgehead atoms. The molecule has 0 fully saturated rings. The van der Waals surface area contributed by atoms with Crippen LogP contribution in [0.5, 0.6) is 5.75 Å². The standard InChI is InChI=1S/C11H10O3S/c1-2-14-8-3-4-9-7(5-8)6-10(15-9)11(12)13/h3-6H,2H2,1H3,(H,12,13). The van der Waals surface area contributed by atoms with Crippen LogP contribution < -0.4 is 4.74 Å². The highest BCUT2D eigenvalue weighted by Crippen LogP contribution is 2.28. The topological polar surface area (TPSA) is 46.5 Å². The van der Waals surface area contributed by atoms with Gasteiger partial charge in [0, 0.05) is 4.70 Å². The Morgan fingerprint density at radius 1 is 1.47 bits per heavy atom. The molecule has 2 rings (SSSR count). The van der Waals surface area contributed by atoms with Gasteiger partial charge in [-0.15, -0.1) is 11.3 Å². The summed E-state index contributed by atoms with van der Waals surface area (Å²) in [4.78, 5) is 11.1. The van der Waals surface area contributed by atoms with Gasteiger partial charge in [-0.25, -0.2) is 4.79 Å². The molecule has 1 heterocycles. The highest BCUT2D eigenvalue weighted by Gasteiger charge is 2.08. The lowest BCUT2D eigenvalue weighted by Crippen LogP contribution is -1.90. The predicted molar refractivity (Wildman–Crippen MR) is 60.0 cm³/mol. The summed E-state index contributed by atoms with van der Waals surface area (Å²) in [6, 6.07) is 7.28. The summed E-state index contributed by atoms with van der Waals surface area (Å²) in [5.41, 5.74) is 0. The van der Waals surface area contributed by atoms with E-state index in [1.807, 2.05) is 25.1 Å². The van der Waals surface area contributed by atoms with E-state index in [4.69, 9.17) is 9.84 Å². The van der Waals surface area contributed by atoms with Crippen LogP contribution >= 0.6 is 11.3 Å². The number of hydrogen-bond acceptors (Lipinski definition) is 3. The molecule has 0 aliphatic carbocycles. The van der Waals surface area contributed by atoms with Gasteiger partial charge in [0.15, 0.2) is 0 Å². The van der Waals surface area contributed by atoms with Crippen LogP contribution in [0.4, 0.5) is 0 Å². The van der Waals surface area contributed by atoms with Crippen molar-refractivity contribution in [2.24, 2.45) is 0 Å². The predicted octanol–water partition coefficient (Wildman–Crippen LogP) is 3.00. The summed E-state index contributed by atoms with van der Waals surface area (Å²) in [5.74, 6) is -0.103. The van der Waals surface area contributed by atoms with Crippen molar-refractivity contribution in [3.63, 3.8) is 0 Å². The van der Waals surface area contributed by atoms with Crippen LogP contribution in [-0.2, 0) is 0 Å². The molecule has 0 atom stereocenters. The zero-order valence-electron chi connectivity index (χ0n) is 8.19. The third-order valence-corrected chi connectivity index (χ3v) is 3.11. The van der Waals surface area contributed by atoms with Crippen LogP contribution in [0.2, 0.25) is 0 Å². The summed E-state index contributed by atoms with van der Waals surface area (Å²) in [5, 5.41) is 9.76. The zero-order chi connectivity index (χ0) is 10.8. The largest absolute Gasteiger partial charge is 0.494 e. The summed E-state index contributed by atoms with van der Waals surface area (Å²) in [6.07, 6.45) is 0. The molecule has 0 spiro atoms. The lowest BCUT2D eigenvalue weighted by Gasteiger charge is -2.01. The average Bonchev–Trinajstić information content (AvgIpc) is 2.61. The monoisotopic (exact) mass is 222 g/mol. The summed E-state index contributed by atoms with van der Waals surface area (Å²) in [7, 11) is 0. The molecule has 1 aromatic carbocycles. The number of rotatable bonds is 3. The minimum Gasteiger partial charge on any atom is -0.494 e. The highest BCUT2D eigenvalue weighted by atomic mass is 32.1. The van der Waals surface area contributed by atoms with Gasteiger partial charge in [-0.2, -0.15) is 0 Å². The van der Waals surface area contributed by atoms with E-state index in [0.717, 1.165) is 15.8 Å². The molecule has 0 aliphatic rings. The lowest BCUT2D eigenvalue weighted by molar-refractivity contribution is 0.0702. The fourth-order valence-corrected chi connectivity index (χ4v) is 2.27. The van der Waals surface area contributed by atoms with Gasteiger partial charge in [0.2, 0.25) is 0 Å². The maximum absolute atomic E-state index is 10.8. The molecule has 1 N–H and O–H groups in total. The van der Waals surface area contributed by atoms with Gasteiger partial charge in [0.1, 0.15) is 10.6 Å². The van der Waals surface area contributed by atoms with Crippen LogP contribution in [0.1, 0.15) is 16.6 Å². The van der Waals surface area contributed by atoms with Crippen LogP contribution in [-0.4, -0.2) is 17.7 Å². The molecule has 2 aromatic rings. The maximum atomic E-state index is 10.8. The quantitative estimate of drug-likeness (QED) is 0.868. The second-order valence-electron chi connectivity index (χ2n) is 3.05. The summed E-state index contributed by atoms with van der Waals surface area (Å²) >= 11 is 1.28. The molecule has 3 nitrogen and oxygen atoms in total. The zero-order valence-corrected chi connectivity index (χ0v) is 9.00. The molecule has 0 saturated carbocycles. The number of carbonyl (C=O) groups is 1. The molecule has 0 unspecified atom stereocenters. The van der Waals surface area contributed by atoms with E-state index in [9.17, 15) is 4.79 Å². The Labute approximate surface area is 90.9 Å².